The van der Waals surface area contributed by atoms with E-state index < -0.39 is 29.7 Å². The third-order valence-corrected chi connectivity index (χ3v) is 3.95. The standard InChI is InChI=1S/C8H10O5S2/c1-6-3-4-7(14(2,9)10)8(5-6)15(11,12)13/h3-5H,1-2H3,(H,11,12,13). The number of sulfone groups is 1. The molecule has 15 heavy (non-hydrogen) atoms. The maximum Gasteiger partial charge on any atom is 0.295 e. The van der Waals surface area contributed by atoms with Crippen LogP contribution in [0.2, 0.25) is 0 Å². The maximum absolute atomic E-state index is 11.2. The largest absolute Gasteiger partial charge is 0.295 e. The SMILES string of the molecule is Cc1ccc(S(C)(=O)=O)c(S(=O)(=O)O)c1. The highest BCUT2D eigenvalue weighted by atomic mass is 32.2. The third-order valence-electron chi connectivity index (χ3n) is 1.78. The van der Waals surface area contributed by atoms with Gasteiger partial charge in [0.25, 0.3) is 10.1 Å². The van der Waals surface area contributed by atoms with Crippen molar-refractivity contribution < 1.29 is 21.4 Å². The molecule has 0 atom stereocenters. The van der Waals surface area contributed by atoms with Crippen LogP contribution in [0.5, 0.6) is 0 Å². The molecule has 0 saturated heterocycles. The summed E-state index contributed by atoms with van der Waals surface area (Å²) < 4.78 is 53.2. The van der Waals surface area contributed by atoms with E-state index in [0.29, 0.717) is 5.56 Å². The zero-order valence-electron chi connectivity index (χ0n) is 8.13. The van der Waals surface area contributed by atoms with Crippen molar-refractivity contribution in [1.29, 1.82) is 0 Å². The molecule has 0 radical (unpaired) electrons. The van der Waals surface area contributed by atoms with Crippen molar-refractivity contribution in [2.24, 2.45) is 0 Å². The average Bonchev–Trinajstić information content (AvgIpc) is 2.00. The van der Waals surface area contributed by atoms with Crippen molar-refractivity contribution in [3.63, 3.8) is 0 Å². The van der Waals surface area contributed by atoms with Crippen LogP contribution in [0, 0.1) is 6.92 Å². The van der Waals surface area contributed by atoms with E-state index in [1.54, 1.807) is 6.92 Å². The van der Waals surface area contributed by atoms with Gasteiger partial charge in [0.05, 0.1) is 4.90 Å². The Labute approximate surface area is 88.4 Å². The zero-order chi connectivity index (χ0) is 11.9. The minimum atomic E-state index is -4.52. The summed E-state index contributed by atoms with van der Waals surface area (Å²) in [5, 5.41) is 0. The normalized spacial score (nSPS) is 12.7. The number of benzene rings is 1. The summed E-state index contributed by atoms with van der Waals surface area (Å²) >= 11 is 0. The first kappa shape index (κ1) is 12.2. The van der Waals surface area contributed by atoms with E-state index in [1.807, 2.05) is 0 Å². The van der Waals surface area contributed by atoms with Crippen LogP contribution in [0.3, 0.4) is 0 Å². The van der Waals surface area contributed by atoms with Gasteiger partial charge in [-0.2, -0.15) is 8.42 Å². The Morgan fingerprint density at radius 3 is 2.00 bits per heavy atom. The van der Waals surface area contributed by atoms with Crippen LogP contribution in [0.15, 0.2) is 28.0 Å². The first-order valence-electron chi connectivity index (χ1n) is 3.90. The summed E-state index contributed by atoms with van der Waals surface area (Å²) in [6.45, 7) is 1.60. The monoisotopic (exact) mass is 250 g/mol. The van der Waals surface area contributed by atoms with Crippen LogP contribution < -0.4 is 0 Å². The molecule has 0 saturated carbocycles. The van der Waals surface area contributed by atoms with Crippen molar-refractivity contribution in [3.8, 4) is 0 Å². The van der Waals surface area contributed by atoms with Crippen molar-refractivity contribution in [1.82, 2.24) is 0 Å². The Morgan fingerprint density at radius 1 is 1.07 bits per heavy atom. The van der Waals surface area contributed by atoms with Gasteiger partial charge < -0.3 is 0 Å². The Morgan fingerprint density at radius 2 is 1.60 bits per heavy atom. The molecule has 7 heteroatoms. The average molecular weight is 250 g/mol. The van der Waals surface area contributed by atoms with Gasteiger partial charge in [0, 0.05) is 6.26 Å². The Bertz CT molecular complexity index is 583. The smallest absolute Gasteiger partial charge is 0.282 e. The molecule has 0 heterocycles. The molecule has 1 N–H and O–H groups in total. The summed E-state index contributed by atoms with van der Waals surface area (Å²) in [7, 11) is -8.19. The van der Waals surface area contributed by atoms with Gasteiger partial charge in [-0.1, -0.05) is 6.07 Å². The lowest BCUT2D eigenvalue weighted by molar-refractivity contribution is 0.479. The van der Waals surface area contributed by atoms with Crippen LogP contribution in [0.25, 0.3) is 0 Å². The van der Waals surface area contributed by atoms with Gasteiger partial charge in [0.1, 0.15) is 4.90 Å². The molecule has 0 aliphatic rings. The van der Waals surface area contributed by atoms with Crippen molar-refractivity contribution in [2.75, 3.05) is 6.26 Å². The maximum atomic E-state index is 11.2. The van der Waals surface area contributed by atoms with Gasteiger partial charge in [-0.05, 0) is 24.6 Å². The number of aryl methyl sites for hydroxylation is 1. The van der Waals surface area contributed by atoms with Gasteiger partial charge in [-0.3, -0.25) is 4.55 Å². The van der Waals surface area contributed by atoms with Gasteiger partial charge >= 0.3 is 0 Å². The molecular weight excluding hydrogens is 240 g/mol. The molecular formula is C8H10O5S2. The molecule has 0 aliphatic heterocycles. The fourth-order valence-electron chi connectivity index (χ4n) is 1.12. The first-order valence-corrected chi connectivity index (χ1v) is 7.24. The predicted molar refractivity (Wildman–Crippen MR) is 54.1 cm³/mol. The summed E-state index contributed by atoms with van der Waals surface area (Å²) in [6.07, 6.45) is 0.881. The van der Waals surface area contributed by atoms with E-state index >= 15 is 0 Å². The summed E-state index contributed by atoms with van der Waals surface area (Å²) in [5.74, 6) is 0. The number of rotatable bonds is 2. The zero-order valence-corrected chi connectivity index (χ0v) is 9.76. The molecule has 1 aromatic rings. The highest BCUT2D eigenvalue weighted by molar-refractivity contribution is 7.92. The molecule has 0 aliphatic carbocycles. The van der Waals surface area contributed by atoms with E-state index in [9.17, 15) is 16.8 Å². The molecule has 0 aromatic heterocycles. The highest BCUT2D eigenvalue weighted by Crippen LogP contribution is 2.21. The second-order valence-electron chi connectivity index (χ2n) is 3.20. The van der Waals surface area contributed by atoms with Crippen LogP contribution >= 0.6 is 0 Å². The van der Waals surface area contributed by atoms with Gasteiger partial charge in [0.15, 0.2) is 9.84 Å². The van der Waals surface area contributed by atoms with Crippen LogP contribution in [-0.4, -0.2) is 27.6 Å². The number of hydrogen-bond donors (Lipinski definition) is 1. The molecule has 5 nitrogen and oxygen atoms in total. The van der Waals surface area contributed by atoms with Crippen molar-refractivity contribution >= 4 is 20.0 Å². The molecule has 84 valence electrons. The Hall–Kier alpha value is -0.920. The van der Waals surface area contributed by atoms with Gasteiger partial charge in [-0.15, -0.1) is 0 Å². The van der Waals surface area contributed by atoms with E-state index in [1.165, 1.54) is 6.07 Å². The quantitative estimate of drug-likeness (QED) is 0.778. The van der Waals surface area contributed by atoms with Crippen LogP contribution in [0.1, 0.15) is 5.56 Å². The van der Waals surface area contributed by atoms with Crippen LogP contribution in [0.4, 0.5) is 0 Å². The molecule has 0 spiro atoms. The third kappa shape index (κ3) is 2.77. The van der Waals surface area contributed by atoms with Gasteiger partial charge in [0.2, 0.25) is 0 Å². The van der Waals surface area contributed by atoms with E-state index in [-0.39, 0.29) is 0 Å². The topological polar surface area (TPSA) is 88.5 Å². The highest BCUT2D eigenvalue weighted by Gasteiger charge is 2.21. The Kier molecular flexibility index (Phi) is 2.90. The lowest BCUT2D eigenvalue weighted by atomic mass is 10.2. The Balaban J connectivity index is 3.71. The summed E-state index contributed by atoms with van der Waals surface area (Å²) in [4.78, 5) is -0.972. The van der Waals surface area contributed by atoms with Crippen molar-refractivity contribution in [3.05, 3.63) is 23.8 Å². The van der Waals surface area contributed by atoms with Crippen molar-refractivity contribution in [2.45, 2.75) is 16.7 Å². The van der Waals surface area contributed by atoms with Gasteiger partial charge in [-0.25, -0.2) is 8.42 Å². The minimum absolute atomic E-state index is 0.393. The molecule has 1 aromatic carbocycles. The van der Waals surface area contributed by atoms with Crippen LogP contribution in [-0.2, 0) is 20.0 Å². The summed E-state index contributed by atoms with van der Waals surface area (Å²) in [5.41, 5.74) is 0.551. The molecule has 0 unspecified atom stereocenters. The number of hydrogen-bond acceptors (Lipinski definition) is 4. The van der Waals surface area contributed by atoms with E-state index in [0.717, 1.165) is 18.4 Å². The molecule has 0 fully saturated rings. The first-order chi connectivity index (χ1) is 6.62. The fraction of sp³-hybridized carbons (Fsp3) is 0.250. The predicted octanol–water partition coefficient (Wildman–Crippen LogP) is 0.645. The molecule has 1 rings (SSSR count). The summed E-state index contributed by atoms with van der Waals surface area (Å²) in [6, 6.07) is 3.74. The fourth-order valence-corrected chi connectivity index (χ4v) is 3.29. The second kappa shape index (κ2) is 3.58. The van der Waals surface area contributed by atoms with E-state index in [4.69, 9.17) is 4.55 Å². The lowest BCUT2D eigenvalue weighted by Gasteiger charge is -2.05. The second-order valence-corrected chi connectivity index (χ2v) is 6.57. The lowest BCUT2D eigenvalue weighted by Crippen LogP contribution is -2.08. The molecule has 0 amide bonds. The molecule has 0 bridgehead atoms. The van der Waals surface area contributed by atoms with E-state index in [2.05, 4.69) is 0 Å². The minimum Gasteiger partial charge on any atom is -0.282 e.